The van der Waals surface area contributed by atoms with Gasteiger partial charge in [-0.1, -0.05) is 96.5 Å². The summed E-state index contributed by atoms with van der Waals surface area (Å²) in [7, 11) is 1.79. The molecule has 2 nitrogen and oxygen atoms in total. The second-order valence-electron chi connectivity index (χ2n) is 9.60. The van der Waals surface area contributed by atoms with Crippen LogP contribution in [0.2, 0.25) is 0 Å². The van der Waals surface area contributed by atoms with E-state index in [1.54, 1.807) is 7.11 Å². The fraction of sp³-hybridized carbons (Fsp3) is 0.885. The van der Waals surface area contributed by atoms with Gasteiger partial charge in [-0.3, -0.25) is 4.79 Å². The molecule has 0 saturated heterocycles. The van der Waals surface area contributed by atoms with Gasteiger partial charge in [0, 0.05) is 20.1 Å². The maximum Gasteiger partial charge on any atom is 0.158 e. The van der Waals surface area contributed by atoms with Crippen molar-refractivity contribution >= 4 is 5.78 Å². The zero-order valence-electron chi connectivity index (χ0n) is 19.5. The molecule has 0 aromatic heterocycles. The average molecular weight is 393 g/mol. The molecule has 0 N–H and O–H groups in total. The van der Waals surface area contributed by atoms with E-state index < -0.39 is 0 Å². The van der Waals surface area contributed by atoms with Crippen LogP contribution >= 0.6 is 0 Å². The third-order valence-electron chi connectivity index (χ3n) is 6.69. The predicted molar refractivity (Wildman–Crippen MR) is 122 cm³/mol. The van der Waals surface area contributed by atoms with E-state index in [-0.39, 0.29) is 5.41 Å². The molecular weight excluding hydrogens is 344 g/mol. The van der Waals surface area contributed by atoms with Crippen LogP contribution in [0.25, 0.3) is 0 Å². The summed E-state index contributed by atoms with van der Waals surface area (Å²) in [5, 5.41) is 0. The topological polar surface area (TPSA) is 26.3 Å². The Kier molecular flexibility index (Phi) is 13.8. The number of hydrogen-bond donors (Lipinski definition) is 0. The third kappa shape index (κ3) is 10.8. The number of carbonyl (C=O) groups excluding carboxylic acids is 1. The lowest BCUT2D eigenvalue weighted by molar-refractivity contribution is -0.116. The van der Waals surface area contributed by atoms with E-state index in [2.05, 4.69) is 20.8 Å². The highest BCUT2D eigenvalue weighted by atomic mass is 16.5. The molecule has 0 amide bonds. The van der Waals surface area contributed by atoms with Gasteiger partial charge < -0.3 is 4.74 Å². The molecule has 28 heavy (non-hydrogen) atoms. The summed E-state index contributed by atoms with van der Waals surface area (Å²) < 4.78 is 5.09. The van der Waals surface area contributed by atoms with Gasteiger partial charge in [-0.15, -0.1) is 0 Å². The molecule has 0 saturated carbocycles. The SMILES string of the molecule is COCCCCCCCCCCCCCCCCC1=C(C)C(=O)CCC1(C)C. The van der Waals surface area contributed by atoms with Gasteiger partial charge >= 0.3 is 0 Å². The zero-order valence-corrected chi connectivity index (χ0v) is 19.5. The highest BCUT2D eigenvalue weighted by molar-refractivity contribution is 5.96. The number of hydrogen-bond acceptors (Lipinski definition) is 2. The highest BCUT2D eigenvalue weighted by Crippen LogP contribution is 2.41. The minimum atomic E-state index is 0.238. The van der Waals surface area contributed by atoms with Gasteiger partial charge in [0.15, 0.2) is 5.78 Å². The minimum Gasteiger partial charge on any atom is -0.385 e. The Morgan fingerprint density at radius 2 is 1.18 bits per heavy atom. The van der Waals surface area contributed by atoms with Crippen LogP contribution in [0.5, 0.6) is 0 Å². The van der Waals surface area contributed by atoms with Crippen molar-refractivity contribution in [2.75, 3.05) is 13.7 Å². The lowest BCUT2D eigenvalue weighted by Gasteiger charge is -2.34. The summed E-state index contributed by atoms with van der Waals surface area (Å²) in [5.74, 6) is 0.389. The number of ether oxygens (including phenoxy) is 1. The Hall–Kier alpha value is -0.630. The quantitative estimate of drug-likeness (QED) is 0.233. The number of rotatable bonds is 17. The first-order valence-electron chi connectivity index (χ1n) is 12.2. The summed E-state index contributed by atoms with van der Waals surface area (Å²) in [6, 6.07) is 0. The molecule has 0 fully saturated rings. The number of ketones is 1. The van der Waals surface area contributed by atoms with Crippen molar-refractivity contribution in [1.82, 2.24) is 0 Å². The molecule has 0 aromatic rings. The largest absolute Gasteiger partial charge is 0.385 e. The molecule has 0 atom stereocenters. The first-order chi connectivity index (χ1) is 13.5. The Morgan fingerprint density at radius 1 is 0.750 bits per heavy atom. The van der Waals surface area contributed by atoms with Crippen molar-refractivity contribution in [2.24, 2.45) is 5.41 Å². The van der Waals surface area contributed by atoms with E-state index in [9.17, 15) is 4.79 Å². The second-order valence-corrected chi connectivity index (χ2v) is 9.60. The van der Waals surface area contributed by atoms with Crippen molar-refractivity contribution in [3.63, 3.8) is 0 Å². The summed E-state index contributed by atoms with van der Waals surface area (Å²) in [6.45, 7) is 7.62. The van der Waals surface area contributed by atoms with E-state index in [0.29, 0.717) is 5.78 Å². The van der Waals surface area contributed by atoms with Gasteiger partial charge in [0.1, 0.15) is 0 Å². The zero-order chi connectivity index (χ0) is 20.7. The minimum absolute atomic E-state index is 0.238. The summed E-state index contributed by atoms with van der Waals surface area (Å²) in [4.78, 5) is 12.0. The molecule has 0 aromatic carbocycles. The Balaban J connectivity index is 1.91. The number of unbranched alkanes of at least 4 members (excludes halogenated alkanes) is 13. The van der Waals surface area contributed by atoms with Gasteiger partial charge in [0.25, 0.3) is 0 Å². The normalized spacial score (nSPS) is 16.8. The Morgan fingerprint density at radius 3 is 1.64 bits per heavy atom. The molecule has 1 aliphatic carbocycles. The van der Waals surface area contributed by atoms with Crippen LogP contribution in [-0.4, -0.2) is 19.5 Å². The van der Waals surface area contributed by atoms with Crippen molar-refractivity contribution in [3.8, 4) is 0 Å². The molecule has 0 bridgehead atoms. The Bertz CT molecular complexity index is 447. The van der Waals surface area contributed by atoms with Crippen LogP contribution in [0.3, 0.4) is 0 Å². The van der Waals surface area contributed by atoms with Crippen molar-refractivity contribution < 1.29 is 9.53 Å². The average Bonchev–Trinajstić information content (AvgIpc) is 2.67. The van der Waals surface area contributed by atoms with Gasteiger partial charge in [0.2, 0.25) is 0 Å². The maximum atomic E-state index is 12.0. The molecule has 1 rings (SSSR count). The molecule has 0 heterocycles. The molecule has 0 unspecified atom stereocenters. The monoisotopic (exact) mass is 392 g/mol. The van der Waals surface area contributed by atoms with E-state index in [4.69, 9.17) is 4.74 Å². The summed E-state index contributed by atoms with van der Waals surface area (Å²) in [5.41, 5.74) is 2.76. The van der Waals surface area contributed by atoms with Crippen molar-refractivity contribution in [1.29, 1.82) is 0 Å². The fourth-order valence-corrected chi connectivity index (χ4v) is 4.64. The third-order valence-corrected chi connectivity index (χ3v) is 6.69. The molecular formula is C26H48O2. The van der Waals surface area contributed by atoms with Crippen LogP contribution in [0, 0.1) is 5.41 Å². The van der Waals surface area contributed by atoms with Gasteiger partial charge in [-0.2, -0.15) is 0 Å². The molecule has 1 aliphatic rings. The first kappa shape index (κ1) is 25.4. The standard InChI is InChI=1S/C26H48O2/c1-23-24(26(2,3)21-20-25(23)27)19-17-15-13-11-9-7-5-6-8-10-12-14-16-18-22-28-4/h5-22H2,1-4H3. The summed E-state index contributed by atoms with van der Waals surface area (Å²) in [6.07, 6.45) is 22.1. The molecule has 0 spiro atoms. The van der Waals surface area contributed by atoms with Crippen LogP contribution in [0.15, 0.2) is 11.1 Å². The molecule has 0 aliphatic heterocycles. The van der Waals surface area contributed by atoms with E-state index >= 15 is 0 Å². The van der Waals surface area contributed by atoms with Crippen LogP contribution in [0.1, 0.15) is 130 Å². The number of methoxy groups -OCH3 is 1. The highest BCUT2D eigenvalue weighted by Gasteiger charge is 2.31. The van der Waals surface area contributed by atoms with Gasteiger partial charge in [-0.25, -0.2) is 0 Å². The molecule has 0 radical (unpaired) electrons. The lowest BCUT2D eigenvalue weighted by Crippen LogP contribution is -2.25. The van der Waals surface area contributed by atoms with Gasteiger partial charge in [-0.05, 0) is 43.6 Å². The maximum absolute atomic E-state index is 12.0. The van der Waals surface area contributed by atoms with Crippen LogP contribution in [0.4, 0.5) is 0 Å². The number of allylic oxidation sites excluding steroid dienone is 2. The van der Waals surface area contributed by atoms with Crippen molar-refractivity contribution in [2.45, 2.75) is 130 Å². The fourth-order valence-electron chi connectivity index (χ4n) is 4.64. The molecule has 2 heteroatoms. The number of Topliss-reactive ketones (excluding diaryl/α,β-unsaturated/α-hetero) is 1. The smallest absolute Gasteiger partial charge is 0.158 e. The predicted octanol–water partition coefficient (Wildman–Crippen LogP) is 8.19. The van der Waals surface area contributed by atoms with E-state index in [1.807, 2.05) is 0 Å². The van der Waals surface area contributed by atoms with Crippen molar-refractivity contribution in [3.05, 3.63) is 11.1 Å². The summed E-state index contributed by atoms with van der Waals surface area (Å²) >= 11 is 0. The van der Waals surface area contributed by atoms with Gasteiger partial charge in [0.05, 0.1) is 0 Å². The first-order valence-corrected chi connectivity index (χ1v) is 12.2. The molecule has 164 valence electrons. The lowest BCUT2D eigenvalue weighted by atomic mass is 9.70. The van der Waals surface area contributed by atoms with Crippen LogP contribution in [-0.2, 0) is 9.53 Å². The second kappa shape index (κ2) is 15.2. The Labute approximate surface area is 175 Å². The van der Waals surface area contributed by atoms with E-state index in [1.165, 1.54) is 95.5 Å². The number of carbonyl (C=O) groups is 1. The van der Waals surface area contributed by atoms with E-state index in [0.717, 1.165) is 31.4 Å². The van der Waals surface area contributed by atoms with Crippen LogP contribution < -0.4 is 0 Å².